The number of nitro groups is 1. The van der Waals surface area contributed by atoms with Crippen molar-refractivity contribution < 1.29 is 14.5 Å². The molecule has 0 aromatic heterocycles. The first-order chi connectivity index (χ1) is 12.5. The number of amides is 1. The number of nitrogens with zero attached hydrogens (tertiary/aromatic N) is 2. The Balaban J connectivity index is 2.14. The van der Waals surface area contributed by atoms with E-state index in [1.165, 1.54) is 30.5 Å². The summed E-state index contributed by atoms with van der Waals surface area (Å²) in [6, 6.07) is 14.4. The Morgan fingerprint density at radius 2 is 2.08 bits per heavy atom. The molecule has 132 valence electrons. The van der Waals surface area contributed by atoms with Gasteiger partial charge < -0.3 is 15.4 Å². The van der Waals surface area contributed by atoms with Gasteiger partial charge in [0.2, 0.25) is 0 Å². The van der Waals surface area contributed by atoms with Gasteiger partial charge in [0.25, 0.3) is 11.6 Å². The van der Waals surface area contributed by atoms with Crippen LogP contribution in [0.2, 0.25) is 0 Å². The molecule has 0 spiro atoms. The molecule has 8 nitrogen and oxygen atoms in total. The second kappa shape index (κ2) is 8.84. The van der Waals surface area contributed by atoms with Crippen LogP contribution in [0, 0.1) is 21.4 Å². The number of nitro benzene ring substituents is 1. The molecule has 0 aliphatic heterocycles. The largest absolute Gasteiger partial charge is 0.492 e. The highest BCUT2D eigenvalue weighted by molar-refractivity contribution is 6.06. The number of non-ortho nitro benzene ring substituents is 1. The van der Waals surface area contributed by atoms with E-state index in [1.54, 1.807) is 30.3 Å². The number of rotatable bonds is 7. The summed E-state index contributed by atoms with van der Waals surface area (Å²) in [6.45, 7) is 2.32. The van der Waals surface area contributed by atoms with Gasteiger partial charge in [-0.3, -0.25) is 14.9 Å². The second-order valence-corrected chi connectivity index (χ2v) is 5.00. The Morgan fingerprint density at radius 1 is 1.31 bits per heavy atom. The van der Waals surface area contributed by atoms with Crippen LogP contribution in [-0.2, 0) is 4.79 Å². The van der Waals surface area contributed by atoms with Crippen molar-refractivity contribution in [1.29, 1.82) is 5.26 Å². The standard InChI is InChI=1S/C18H16N4O4/c1-2-26-17-9-4-3-8-16(17)20-12-13(11-19)18(23)21-14-6-5-7-15(10-14)22(24)25/h3-10,12,20H,2H2,1H3,(H,21,23)/b13-12-. The second-order valence-electron chi connectivity index (χ2n) is 5.00. The minimum Gasteiger partial charge on any atom is -0.492 e. The van der Waals surface area contributed by atoms with E-state index in [-0.39, 0.29) is 16.9 Å². The third-order valence-electron chi connectivity index (χ3n) is 3.24. The number of nitrogens with one attached hydrogen (secondary N) is 2. The molecule has 0 bridgehead atoms. The van der Waals surface area contributed by atoms with Gasteiger partial charge in [0, 0.05) is 24.0 Å². The van der Waals surface area contributed by atoms with Crippen molar-refractivity contribution in [3.63, 3.8) is 0 Å². The molecule has 2 rings (SSSR count). The van der Waals surface area contributed by atoms with Crippen molar-refractivity contribution in [3.8, 4) is 11.8 Å². The molecule has 0 aliphatic carbocycles. The minimum atomic E-state index is -0.686. The lowest BCUT2D eigenvalue weighted by atomic mass is 10.2. The van der Waals surface area contributed by atoms with Crippen molar-refractivity contribution in [2.24, 2.45) is 0 Å². The van der Waals surface area contributed by atoms with Crippen molar-refractivity contribution in [2.45, 2.75) is 6.92 Å². The van der Waals surface area contributed by atoms with Crippen molar-refractivity contribution in [2.75, 3.05) is 17.2 Å². The highest BCUT2D eigenvalue weighted by atomic mass is 16.6. The van der Waals surface area contributed by atoms with Gasteiger partial charge in [-0.15, -0.1) is 0 Å². The zero-order chi connectivity index (χ0) is 18.9. The quantitative estimate of drug-likeness (QED) is 0.341. The molecule has 0 heterocycles. The molecule has 2 aromatic carbocycles. The number of para-hydroxylation sites is 2. The summed E-state index contributed by atoms with van der Waals surface area (Å²) < 4.78 is 5.46. The Labute approximate surface area is 149 Å². The number of carbonyl (C=O) groups excluding carboxylic acids is 1. The fraction of sp³-hybridized carbons (Fsp3) is 0.111. The summed E-state index contributed by atoms with van der Waals surface area (Å²) >= 11 is 0. The van der Waals surface area contributed by atoms with Crippen molar-refractivity contribution in [3.05, 3.63) is 70.4 Å². The smallest absolute Gasteiger partial charge is 0.271 e. The topological polar surface area (TPSA) is 117 Å². The molecular formula is C18H16N4O4. The van der Waals surface area contributed by atoms with E-state index in [4.69, 9.17) is 4.74 Å². The van der Waals surface area contributed by atoms with Crippen LogP contribution in [0.25, 0.3) is 0 Å². The third-order valence-corrected chi connectivity index (χ3v) is 3.24. The number of carbonyl (C=O) groups is 1. The van der Waals surface area contributed by atoms with E-state index < -0.39 is 10.8 Å². The predicted octanol–water partition coefficient (Wildman–Crippen LogP) is 3.45. The van der Waals surface area contributed by atoms with E-state index >= 15 is 0 Å². The van der Waals surface area contributed by atoms with Gasteiger partial charge in [0.1, 0.15) is 17.4 Å². The van der Waals surface area contributed by atoms with Gasteiger partial charge in [0.05, 0.1) is 17.2 Å². The summed E-state index contributed by atoms with van der Waals surface area (Å²) in [7, 11) is 0. The average Bonchev–Trinajstić information content (AvgIpc) is 2.64. The normalized spacial score (nSPS) is 10.5. The number of hydrogen-bond donors (Lipinski definition) is 2. The fourth-order valence-corrected chi connectivity index (χ4v) is 2.06. The Morgan fingerprint density at radius 3 is 2.77 bits per heavy atom. The molecule has 8 heteroatoms. The zero-order valence-electron chi connectivity index (χ0n) is 13.9. The Kier molecular flexibility index (Phi) is 6.28. The lowest BCUT2D eigenvalue weighted by Crippen LogP contribution is -2.14. The highest BCUT2D eigenvalue weighted by Crippen LogP contribution is 2.24. The molecule has 0 unspecified atom stereocenters. The third kappa shape index (κ3) is 4.82. The first kappa shape index (κ1) is 18.5. The van der Waals surface area contributed by atoms with Crippen LogP contribution >= 0.6 is 0 Å². The maximum Gasteiger partial charge on any atom is 0.271 e. The van der Waals surface area contributed by atoms with Crippen molar-refractivity contribution >= 4 is 23.0 Å². The molecule has 0 saturated carbocycles. The van der Waals surface area contributed by atoms with Gasteiger partial charge in [-0.05, 0) is 25.1 Å². The number of hydrogen-bond acceptors (Lipinski definition) is 6. The predicted molar refractivity (Wildman–Crippen MR) is 96.7 cm³/mol. The monoisotopic (exact) mass is 352 g/mol. The van der Waals surface area contributed by atoms with Crippen LogP contribution in [0.5, 0.6) is 5.75 Å². The molecule has 0 atom stereocenters. The molecule has 1 amide bonds. The first-order valence-electron chi connectivity index (χ1n) is 7.69. The molecule has 2 N–H and O–H groups in total. The van der Waals surface area contributed by atoms with Gasteiger partial charge in [-0.1, -0.05) is 18.2 Å². The molecule has 26 heavy (non-hydrogen) atoms. The van der Waals surface area contributed by atoms with Crippen LogP contribution in [0.3, 0.4) is 0 Å². The summed E-state index contributed by atoms with van der Waals surface area (Å²) in [4.78, 5) is 22.4. The van der Waals surface area contributed by atoms with E-state index in [2.05, 4.69) is 10.6 Å². The van der Waals surface area contributed by atoms with E-state index in [0.717, 1.165) is 0 Å². The van der Waals surface area contributed by atoms with Crippen LogP contribution in [0.1, 0.15) is 6.92 Å². The summed E-state index contributed by atoms with van der Waals surface area (Å²) in [5.74, 6) is -0.1000. The van der Waals surface area contributed by atoms with Crippen LogP contribution < -0.4 is 15.4 Å². The Hall–Kier alpha value is -3.86. The molecular weight excluding hydrogens is 336 g/mol. The van der Waals surface area contributed by atoms with Crippen LogP contribution in [0.4, 0.5) is 17.1 Å². The van der Waals surface area contributed by atoms with Gasteiger partial charge >= 0.3 is 0 Å². The van der Waals surface area contributed by atoms with Crippen molar-refractivity contribution in [1.82, 2.24) is 0 Å². The lowest BCUT2D eigenvalue weighted by molar-refractivity contribution is -0.384. The minimum absolute atomic E-state index is 0.158. The molecule has 0 saturated heterocycles. The summed E-state index contributed by atoms with van der Waals surface area (Å²) in [6.07, 6.45) is 1.25. The highest BCUT2D eigenvalue weighted by Gasteiger charge is 2.12. The van der Waals surface area contributed by atoms with Gasteiger partial charge in [-0.25, -0.2) is 0 Å². The SMILES string of the molecule is CCOc1ccccc1N/C=C(/C#N)C(=O)Nc1cccc([N+](=O)[O-])c1. The summed E-state index contributed by atoms with van der Waals surface area (Å²) in [5.41, 5.74) is 0.474. The summed E-state index contributed by atoms with van der Waals surface area (Å²) in [5, 5.41) is 25.3. The Bertz CT molecular complexity index is 887. The van der Waals surface area contributed by atoms with Gasteiger partial charge in [0.15, 0.2) is 0 Å². The number of ether oxygens (including phenoxy) is 1. The van der Waals surface area contributed by atoms with E-state index in [9.17, 15) is 20.2 Å². The van der Waals surface area contributed by atoms with E-state index in [1.807, 2.05) is 6.92 Å². The van der Waals surface area contributed by atoms with Gasteiger partial charge in [-0.2, -0.15) is 5.26 Å². The lowest BCUT2D eigenvalue weighted by Gasteiger charge is -2.10. The molecule has 0 aliphatic rings. The molecule has 0 radical (unpaired) electrons. The number of nitriles is 1. The molecule has 2 aromatic rings. The average molecular weight is 352 g/mol. The maximum absolute atomic E-state index is 12.2. The maximum atomic E-state index is 12.2. The van der Waals surface area contributed by atoms with Crippen LogP contribution in [0.15, 0.2) is 60.3 Å². The first-order valence-corrected chi connectivity index (χ1v) is 7.69. The number of benzene rings is 2. The number of anilines is 2. The molecule has 0 fully saturated rings. The zero-order valence-corrected chi connectivity index (χ0v) is 13.9. The van der Waals surface area contributed by atoms with E-state index in [0.29, 0.717) is 18.0 Å². The fourth-order valence-electron chi connectivity index (χ4n) is 2.06. The van der Waals surface area contributed by atoms with Crippen LogP contribution in [-0.4, -0.2) is 17.4 Å².